The van der Waals surface area contributed by atoms with E-state index in [0.29, 0.717) is 80.8 Å². The minimum atomic E-state index is -0.720. The van der Waals surface area contributed by atoms with Crippen molar-refractivity contribution in [1.29, 1.82) is 0 Å². The van der Waals surface area contributed by atoms with E-state index in [2.05, 4.69) is 44.8 Å². The van der Waals surface area contributed by atoms with E-state index >= 15 is 0 Å². The van der Waals surface area contributed by atoms with Crippen LogP contribution in [0.1, 0.15) is 68.9 Å². The van der Waals surface area contributed by atoms with Crippen molar-refractivity contribution in [2.24, 2.45) is 13.0 Å². The van der Waals surface area contributed by atoms with Gasteiger partial charge in [-0.05, 0) is 79.3 Å². The molecule has 3 aliphatic heterocycles. The summed E-state index contributed by atoms with van der Waals surface area (Å²) < 4.78 is 3.07. The summed E-state index contributed by atoms with van der Waals surface area (Å²) in [6.45, 7) is 4.16. The lowest BCUT2D eigenvalue weighted by Gasteiger charge is -2.39. The summed E-state index contributed by atoms with van der Waals surface area (Å²) in [5, 5.41) is 6.35. The first-order chi connectivity index (χ1) is 30.1. The number of anilines is 1. The van der Waals surface area contributed by atoms with Crippen LogP contribution in [0.5, 0.6) is 0 Å². The van der Waals surface area contributed by atoms with Crippen LogP contribution in [0, 0.1) is 5.92 Å². The molecule has 14 nitrogen and oxygen atoms in total. The van der Waals surface area contributed by atoms with Gasteiger partial charge in [-0.15, -0.1) is 0 Å². The molecular formula is C47H52ClN9O5. The molecule has 1 unspecified atom stereocenters. The summed E-state index contributed by atoms with van der Waals surface area (Å²) >= 11 is 6.62. The van der Waals surface area contributed by atoms with Crippen LogP contribution in [0.3, 0.4) is 0 Å². The number of carbonyl (C=O) groups excluding carboxylic acids is 4. The molecular weight excluding hydrogens is 806 g/mol. The lowest BCUT2D eigenvalue weighted by atomic mass is 9.84. The van der Waals surface area contributed by atoms with Crippen molar-refractivity contribution in [1.82, 2.24) is 39.1 Å². The van der Waals surface area contributed by atoms with Crippen LogP contribution in [0.15, 0.2) is 83.8 Å². The normalized spacial score (nSPS) is 21.5. The second kappa shape index (κ2) is 17.9. The van der Waals surface area contributed by atoms with Gasteiger partial charge in [0, 0.05) is 70.3 Å². The van der Waals surface area contributed by atoms with Gasteiger partial charge in [0.15, 0.2) is 0 Å². The van der Waals surface area contributed by atoms with Gasteiger partial charge < -0.3 is 15.1 Å². The summed E-state index contributed by atoms with van der Waals surface area (Å²) in [5.41, 5.74) is 6.01. The number of hydrogen-bond donors (Lipinski definition) is 2. The predicted octanol–water partition coefficient (Wildman–Crippen LogP) is 5.62. The first-order valence-corrected chi connectivity index (χ1v) is 22.3. The lowest BCUT2D eigenvalue weighted by molar-refractivity contribution is -0.140. The first kappa shape index (κ1) is 41.5. The van der Waals surface area contributed by atoms with Crippen LogP contribution in [-0.2, 0) is 26.2 Å². The average Bonchev–Trinajstić information content (AvgIpc) is 3.55. The maximum atomic E-state index is 13.8. The van der Waals surface area contributed by atoms with Crippen molar-refractivity contribution in [3.05, 3.63) is 100 Å². The van der Waals surface area contributed by atoms with Gasteiger partial charge in [-0.1, -0.05) is 72.6 Å². The highest BCUT2D eigenvalue weighted by Crippen LogP contribution is 2.34. The Kier molecular flexibility index (Phi) is 11.9. The molecule has 5 heterocycles. The van der Waals surface area contributed by atoms with Crippen LogP contribution in [-0.4, -0.2) is 109 Å². The topological polar surface area (TPSA) is 155 Å². The van der Waals surface area contributed by atoms with Crippen molar-refractivity contribution in [3.8, 4) is 22.4 Å². The summed E-state index contributed by atoms with van der Waals surface area (Å²) in [7, 11) is 1.71. The largest absolute Gasteiger partial charge is 0.351 e. The standard InChI is InChI=1S/C47H52ClN9O5/c1-53-40-27-33(13-14-38(40)57(47(53)62)39-15-16-41(58)51-44(39)60)31-17-19-55(20-18-31)42(59)29-54-21-23-56(24-22-54)45(61)35-11-6-12-36(26-35)50-46-49-28-37(48)43(52-46)34-10-5-9-32(25-34)30-7-3-2-4-8-30/h2-5,7-10,13-14,25,27-28,31,35-36,39H,6,11-12,15-24,26,29H2,1H3,(H,49,50,52)(H,51,58,60)/t35-,36+,39?/m0/s1. The fourth-order valence-electron chi connectivity index (χ4n) is 9.85. The smallest absolute Gasteiger partial charge is 0.329 e. The van der Waals surface area contributed by atoms with Gasteiger partial charge in [0.2, 0.25) is 29.6 Å². The minimum Gasteiger partial charge on any atom is -0.351 e. The Hall–Kier alpha value is -5.86. The van der Waals surface area contributed by atoms with Gasteiger partial charge in [-0.25, -0.2) is 14.8 Å². The molecule has 5 aromatic rings. The van der Waals surface area contributed by atoms with Crippen LogP contribution < -0.4 is 16.3 Å². The first-order valence-electron chi connectivity index (χ1n) is 21.9. The average molecular weight is 858 g/mol. The van der Waals surface area contributed by atoms with Gasteiger partial charge >= 0.3 is 5.69 Å². The molecule has 15 heteroatoms. The number of benzene rings is 3. The van der Waals surface area contributed by atoms with Crippen molar-refractivity contribution in [2.75, 3.05) is 51.1 Å². The zero-order chi connectivity index (χ0) is 42.9. The van der Waals surface area contributed by atoms with Gasteiger partial charge in [0.25, 0.3) is 0 Å². The molecule has 4 fully saturated rings. The van der Waals surface area contributed by atoms with Gasteiger partial charge in [-0.3, -0.25) is 38.5 Å². The number of nitrogens with one attached hydrogen (secondary N) is 2. The predicted molar refractivity (Wildman–Crippen MR) is 237 cm³/mol. The maximum Gasteiger partial charge on any atom is 0.329 e. The Balaban J connectivity index is 0.744. The summed E-state index contributed by atoms with van der Waals surface area (Å²) in [5.74, 6) is 0.192. The van der Waals surface area contributed by atoms with Gasteiger partial charge in [0.05, 0.1) is 34.5 Å². The van der Waals surface area contributed by atoms with Crippen molar-refractivity contribution in [2.45, 2.75) is 69.4 Å². The number of piperidine rings is 2. The molecule has 3 saturated heterocycles. The second-order valence-electron chi connectivity index (χ2n) is 17.2. The zero-order valence-electron chi connectivity index (χ0n) is 35.0. The molecule has 3 atom stereocenters. The number of rotatable bonds is 9. The molecule has 2 aromatic heterocycles. The number of aromatic nitrogens is 4. The van der Waals surface area contributed by atoms with Gasteiger partial charge in [-0.2, -0.15) is 0 Å². The van der Waals surface area contributed by atoms with Crippen LogP contribution in [0.4, 0.5) is 5.95 Å². The number of amides is 4. The van der Waals surface area contributed by atoms with E-state index in [0.717, 1.165) is 59.9 Å². The molecule has 62 heavy (non-hydrogen) atoms. The van der Waals surface area contributed by atoms with Crippen LogP contribution in [0.25, 0.3) is 33.4 Å². The summed E-state index contributed by atoms with van der Waals surface area (Å²) in [6, 6.07) is 23.7. The molecule has 4 aliphatic rings. The second-order valence-corrected chi connectivity index (χ2v) is 17.6. The van der Waals surface area contributed by atoms with Gasteiger partial charge in [0.1, 0.15) is 6.04 Å². The zero-order valence-corrected chi connectivity index (χ0v) is 35.7. The van der Waals surface area contributed by atoms with E-state index in [1.54, 1.807) is 17.8 Å². The molecule has 4 amide bonds. The number of piperazine rings is 1. The Morgan fingerprint density at radius 3 is 2.34 bits per heavy atom. The van der Waals surface area contributed by atoms with E-state index in [-0.39, 0.29) is 47.7 Å². The molecule has 2 N–H and O–H groups in total. The Bertz CT molecular complexity index is 2560. The van der Waals surface area contributed by atoms with Crippen molar-refractivity contribution < 1.29 is 19.2 Å². The third-order valence-electron chi connectivity index (χ3n) is 13.3. The number of aryl methyl sites for hydroxylation is 1. The van der Waals surface area contributed by atoms with Crippen LogP contribution in [0.2, 0.25) is 5.02 Å². The lowest BCUT2D eigenvalue weighted by Crippen LogP contribution is -2.53. The quantitative estimate of drug-likeness (QED) is 0.180. The summed E-state index contributed by atoms with van der Waals surface area (Å²) in [6.07, 6.45) is 7.18. The summed E-state index contributed by atoms with van der Waals surface area (Å²) in [4.78, 5) is 80.3. The number of likely N-dealkylation sites (tertiary alicyclic amines) is 1. The maximum absolute atomic E-state index is 13.8. The number of carbonyl (C=O) groups is 4. The minimum absolute atomic E-state index is 0.0639. The fraction of sp³-hybridized carbons (Fsp3) is 0.426. The third kappa shape index (κ3) is 8.62. The SMILES string of the molecule is Cn1c(=O)n(C2CCC(=O)NC2=O)c2ccc(C3CCN(C(=O)CN4CCN(C(=O)[C@H]5CCC[C@@H](Nc6ncc(Cl)c(-c7cccc(-c8ccccc8)c7)n6)C5)CC4)CC3)cc21. The Labute approximate surface area is 365 Å². The molecule has 1 aliphatic carbocycles. The third-order valence-corrected chi connectivity index (χ3v) is 13.6. The molecule has 3 aromatic carbocycles. The highest BCUT2D eigenvalue weighted by molar-refractivity contribution is 6.33. The highest BCUT2D eigenvalue weighted by atomic mass is 35.5. The molecule has 9 rings (SSSR count). The van der Waals surface area contributed by atoms with Crippen molar-refractivity contribution in [3.63, 3.8) is 0 Å². The van der Waals surface area contributed by atoms with E-state index in [9.17, 15) is 24.0 Å². The molecule has 1 saturated carbocycles. The Morgan fingerprint density at radius 2 is 1.56 bits per heavy atom. The number of nitrogens with zero attached hydrogens (tertiary/aromatic N) is 7. The molecule has 0 radical (unpaired) electrons. The van der Waals surface area contributed by atoms with Crippen LogP contribution >= 0.6 is 11.6 Å². The highest BCUT2D eigenvalue weighted by Gasteiger charge is 2.34. The molecule has 322 valence electrons. The Morgan fingerprint density at radius 1 is 0.806 bits per heavy atom. The number of imide groups is 1. The fourth-order valence-corrected chi connectivity index (χ4v) is 10.0. The van der Waals surface area contributed by atoms with E-state index in [1.165, 1.54) is 4.57 Å². The number of halogens is 1. The number of hydrogen-bond acceptors (Lipinski definition) is 9. The molecule has 0 spiro atoms. The van der Waals surface area contributed by atoms with E-state index in [4.69, 9.17) is 16.6 Å². The van der Waals surface area contributed by atoms with Crippen molar-refractivity contribution >= 4 is 52.2 Å². The van der Waals surface area contributed by atoms with E-state index < -0.39 is 11.9 Å². The number of imidazole rings is 1. The monoisotopic (exact) mass is 857 g/mol. The van der Waals surface area contributed by atoms with E-state index in [1.807, 2.05) is 58.3 Å². The molecule has 0 bridgehead atoms. The number of fused-ring (bicyclic) bond motifs is 1.